The van der Waals surface area contributed by atoms with Gasteiger partial charge < -0.3 is 9.64 Å². The third-order valence-electron chi connectivity index (χ3n) is 7.14. The lowest BCUT2D eigenvalue weighted by molar-refractivity contribution is -0.181. The molecule has 4 nitrogen and oxygen atoms in total. The number of rotatable bonds is 3. The molecule has 8 heteroatoms. The summed E-state index contributed by atoms with van der Waals surface area (Å²) in [6, 6.07) is 7.77. The molecule has 1 aromatic carbocycles. The number of hydrazone groups is 1. The smallest absolute Gasteiger partial charge is 0.297 e. The minimum Gasteiger partial charge on any atom is -0.363 e. The number of halogens is 3. The molecule has 0 saturated carbocycles. The first-order chi connectivity index (χ1) is 15.2. The summed E-state index contributed by atoms with van der Waals surface area (Å²) in [6.45, 7) is 9.21. The minimum absolute atomic E-state index is 0.0650. The number of hydrogen-bond donors (Lipinski definition) is 0. The zero-order valence-corrected chi connectivity index (χ0v) is 20.2. The number of alkyl halides is 2. The SMILES string of the molecule is CC1=NN(c2c(C)cccc2C)CC1CN1CCC2(CC1)OCC(F)(F)c1cc(Cl)sc12. The highest BCUT2D eigenvalue weighted by Gasteiger charge is 2.51. The highest BCUT2D eigenvalue weighted by molar-refractivity contribution is 7.16. The molecule has 1 unspecified atom stereocenters. The summed E-state index contributed by atoms with van der Waals surface area (Å²) < 4.78 is 35.0. The highest BCUT2D eigenvalue weighted by atomic mass is 35.5. The number of piperidine rings is 1. The second-order valence-electron chi connectivity index (χ2n) is 9.34. The van der Waals surface area contributed by atoms with E-state index in [-0.39, 0.29) is 5.56 Å². The van der Waals surface area contributed by atoms with Crippen LogP contribution in [0.25, 0.3) is 0 Å². The zero-order chi connectivity index (χ0) is 22.7. The molecule has 2 aromatic rings. The fourth-order valence-electron chi connectivity index (χ4n) is 5.32. The number of anilines is 1. The first-order valence-electron chi connectivity index (χ1n) is 11.1. The Balaban J connectivity index is 1.26. The van der Waals surface area contributed by atoms with E-state index in [1.807, 2.05) is 0 Å². The third-order valence-corrected chi connectivity index (χ3v) is 8.59. The molecule has 4 heterocycles. The van der Waals surface area contributed by atoms with E-state index < -0.39 is 18.1 Å². The topological polar surface area (TPSA) is 28.1 Å². The van der Waals surface area contributed by atoms with Crippen LogP contribution in [0.3, 0.4) is 0 Å². The van der Waals surface area contributed by atoms with Gasteiger partial charge in [-0.3, -0.25) is 5.01 Å². The number of hydrogen-bond acceptors (Lipinski definition) is 5. The highest BCUT2D eigenvalue weighted by Crippen LogP contribution is 2.52. The van der Waals surface area contributed by atoms with Crippen LogP contribution in [0.4, 0.5) is 14.5 Å². The van der Waals surface area contributed by atoms with Crippen molar-refractivity contribution in [1.29, 1.82) is 0 Å². The molecule has 1 fully saturated rings. The Morgan fingerprint density at radius 2 is 1.88 bits per heavy atom. The average Bonchev–Trinajstić information content (AvgIpc) is 3.31. The van der Waals surface area contributed by atoms with Crippen molar-refractivity contribution < 1.29 is 13.5 Å². The van der Waals surface area contributed by atoms with Gasteiger partial charge in [0.1, 0.15) is 12.2 Å². The molecule has 3 aliphatic rings. The van der Waals surface area contributed by atoms with E-state index in [2.05, 4.69) is 48.9 Å². The van der Waals surface area contributed by atoms with Gasteiger partial charge in [-0.1, -0.05) is 29.8 Å². The monoisotopic (exact) mass is 479 g/mol. The van der Waals surface area contributed by atoms with E-state index >= 15 is 0 Å². The standard InChI is InChI=1S/C24H28ClF2N3OS/c1-15-5-4-6-16(2)21(15)30-13-18(17(3)28-30)12-29-9-7-23(8-10-29)22-19(11-20(25)32-22)24(26,27)14-31-23/h4-6,11,18H,7-10,12-14H2,1-3H3. The van der Waals surface area contributed by atoms with Crippen molar-refractivity contribution in [3.63, 3.8) is 0 Å². The van der Waals surface area contributed by atoms with Gasteiger partial charge in [0.25, 0.3) is 5.92 Å². The minimum atomic E-state index is -2.96. The van der Waals surface area contributed by atoms with Gasteiger partial charge in [-0.25, -0.2) is 0 Å². The van der Waals surface area contributed by atoms with E-state index in [0.29, 0.717) is 28.0 Å². The summed E-state index contributed by atoms with van der Waals surface area (Å²) in [7, 11) is 0. The van der Waals surface area contributed by atoms with Crippen LogP contribution in [0.1, 0.15) is 41.3 Å². The second kappa shape index (κ2) is 8.05. The van der Waals surface area contributed by atoms with Crippen LogP contribution in [-0.4, -0.2) is 43.4 Å². The molecule has 0 aliphatic carbocycles. The molecule has 1 aromatic heterocycles. The van der Waals surface area contributed by atoms with Crippen molar-refractivity contribution >= 4 is 34.3 Å². The van der Waals surface area contributed by atoms with Crippen molar-refractivity contribution in [3.8, 4) is 0 Å². The number of likely N-dealkylation sites (tertiary alicyclic amines) is 1. The lowest BCUT2D eigenvalue weighted by atomic mass is 9.84. The van der Waals surface area contributed by atoms with Gasteiger partial charge in [0, 0.05) is 41.7 Å². The molecule has 0 N–H and O–H groups in total. The predicted octanol–water partition coefficient (Wildman–Crippen LogP) is 5.94. The molecule has 5 rings (SSSR count). The van der Waals surface area contributed by atoms with E-state index in [0.717, 1.165) is 31.9 Å². The molecule has 1 atom stereocenters. The van der Waals surface area contributed by atoms with Crippen molar-refractivity contribution in [2.24, 2.45) is 11.0 Å². The lowest BCUT2D eigenvalue weighted by Gasteiger charge is -2.45. The van der Waals surface area contributed by atoms with Crippen molar-refractivity contribution in [1.82, 2.24) is 4.90 Å². The van der Waals surface area contributed by atoms with Gasteiger partial charge >= 0.3 is 0 Å². The van der Waals surface area contributed by atoms with E-state index in [9.17, 15) is 8.78 Å². The van der Waals surface area contributed by atoms with Crippen molar-refractivity contribution in [2.45, 2.75) is 45.1 Å². The maximum absolute atomic E-state index is 14.4. The summed E-state index contributed by atoms with van der Waals surface area (Å²) in [5.74, 6) is -2.61. The van der Waals surface area contributed by atoms with Gasteiger partial charge in [-0.2, -0.15) is 13.9 Å². The molecule has 0 bridgehead atoms. The zero-order valence-electron chi connectivity index (χ0n) is 18.6. The van der Waals surface area contributed by atoms with Crippen LogP contribution >= 0.6 is 22.9 Å². The number of nitrogens with zero attached hydrogens (tertiary/aromatic N) is 3. The normalized spacial score (nSPS) is 24.6. The molecule has 1 spiro atoms. The van der Waals surface area contributed by atoms with Crippen LogP contribution in [0.5, 0.6) is 0 Å². The number of fused-ring (bicyclic) bond motifs is 2. The molecule has 0 radical (unpaired) electrons. The van der Waals surface area contributed by atoms with Crippen LogP contribution < -0.4 is 5.01 Å². The molecule has 1 saturated heterocycles. The molecular weight excluding hydrogens is 452 g/mol. The molecule has 3 aliphatic heterocycles. The Kier molecular flexibility index (Phi) is 5.60. The third kappa shape index (κ3) is 3.77. The Labute approximate surface area is 196 Å². The first kappa shape index (κ1) is 22.3. The number of thiophene rings is 1. The number of ether oxygens (including phenoxy) is 1. The summed E-state index contributed by atoms with van der Waals surface area (Å²) in [6.07, 6.45) is 1.41. The van der Waals surface area contributed by atoms with Gasteiger partial charge in [0.15, 0.2) is 0 Å². The van der Waals surface area contributed by atoms with Gasteiger partial charge in [0.2, 0.25) is 0 Å². The Hall–Kier alpha value is -1.54. The van der Waals surface area contributed by atoms with Crippen molar-refractivity contribution in [2.75, 3.05) is 37.8 Å². The quantitative estimate of drug-likeness (QED) is 0.545. The second-order valence-corrected chi connectivity index (χ2v) is 11.0. The number of para-hydroxylation sites is 1. The van der Waals surface area contributed by atoms with Crippen molar-refractivity contribution in [3.05, 3.63) is 50.2 Å². The van der Waals surface area contributed by atoms with Crippen LogP contribution in [0.15, 0.2) is 29.4 Å². The van der Waals surface area contributed by atoms with Gasteiger partial charge in [-0.15, -0.1) is 11.3 Å². The Bertz CT molecular complexity index is 1040. The Morgan fingerprint density at radius 3 is 2.56 bits per heavy atom. The van der Waals surface area contributed by atoms with E-state index in [4.69, 9.17) is 21.4 Å². The maximum atomic E-state index is 14.4. The van der Waals surface area contributed by atoms with Crippen LogP contribution in [-0.2, 0) is 16.3 Å². The largest absolute Gasteiger partial charge is 0.363 e. The van der Waals surface area contributed by atoms with Gasteiger partial charge in [0.05, 0.1) is 16.6 Å². The molecule has 0 amide bonds. The lowest BCUT2D eigenvalue weighted by Crippen LogP contribution is -2.50. The maximum Gasteiger partial charge on any atom is 0.297 e. The molecule has 172 valence electrons. The summed E-state index contributed by atoms with van der Waals surface area (Å²) in [4.78, 5) is 3.05. The number of aryl methyl sites for hydroxylation is 2. The van der Waals surface area contributed by atoms with Gasteiger partial charge in [-0.05, 0) is 50.8 Å². The first-order valence-corrected chi connectivity index (χ1v) is 12.3. The summed E-state index contributed by atoms with van der Waals surface area (Å²) in [5, 5.41) is 7.00. The van der Waals surface area contributed by atoms with Crippen LogP contribution in [0, 0.1) is 19.8 Å². The fourth-order valence-corrected chi connectivity index (χ4v) is 6.80. The summed E-state index contributed by atoms with van der Waals surface area (Å²) in [5.41, 5.74) is 4.25. The fraction of sp³-hybridized carbons (Fsp3) is 0.542. The molecule has 32 heavy (non-hydrogen) atoms. The predicted molar refractivity (Wildman–Crippen MR) is 126 cm³/mol. The van der Waals surface area contributed by atoms with Crippen LogP contribution in [0.2, 0.25) is 4.34 Å². The molecular formula is C24H28ClF2N3OS. The summed E-state index contributed by atoms with van der Waals surface area (Å²) >= 11 is 7.38. The Morgan fingerprint density at radius 1 is 1.19 bits per heavy atom. The van der Waals surface area contributed by atoms with E-state index in [1.54, 1.807) is 0 Å². The number of benzene rings is 1. The average molecular weight is 480 g/mol. The van der Waals surface area contributed by atoms with E-state index in [1.165, 1.54) is 34.2 Å².